The smallest absolute Gasteiger partial charge is 0.134 e. The van der Waals surface area contributed by atoms with Crippen molar-refractivity contribution in [3.05, 3.63) is 28.2 Å². The lowest BCUT2D eigenvalue weighted by Gasteiger charge is -2.03. The van der Waals surface area contributed by atoms with Crippen LogP contribution in [-0.2, 0) is 6.54 Å². The van der Waals surface area contributed by atoms with Crippen LogP contribution in [0.25, 0.3) is 0 Å². The number of aromatic hydroxyl groups is 1. The summed E-state index contributed by atoms with van der Waals surface area (Å²) in [6.45, 7) is 0.464. The third-order valence-electron chi connectivity index (χ3n) is 1.36. The Kier molecular flexibility index (Phi) is 5.24. The topological polar surface area (TPSA) is 58.3 Å². The maximum absolute atomic E-state index is 9.39. The Balaban J connectivity index is 0.00000121. The molecular weight excluding hydrogens is 243 g/mol. The predicted molar refractivity (Wildman–Crippen MR) is 54.1 cm³/mol. The zero-order valence-electron chi connectivity index (χ0n) is 6.25. The van der Waals surface area contributed by atoms with E-state index in [-0.39, 0.29) is 18.2 Å². The highest BCUT2D eigenvalue weighted by molar-refractivity contribution is 9.10. The van der Waals surface area contributed by atoms with E-state index in [1.165, 1.54) is 0 Å². The number of para-hydroxylation sites is 1. The maximum atomic E-state index is 9.39. The molecule has 0 saturated heterocycles. The molecule has 3 nitrogen and oxygen atoms in total. The molecule has 0 bridgehead atoms. The molecule has 1 rings (SSSR count). The highest BCUT2D eigenvalue weighted by Gasteiger charge is 2.02. The van der Waals surface area contributed by atoms with Crippen LogP contribution >= 0.6 is 28.3 Å². The summed E-state index contributed by atoms with van der Waals surface area (Å²) in [7, 11) is 0. The Morgan fingerprint density at radius 2 is 2.17 bits per heavy atom. The molecule has 0 saturated carbocycles. The molecule has 68 valence electrons. The van der Waals surface area contributed by atoms with Crippen LogP contribution in [0.1, 0.15) is 5.56 Å². The van der Waals surface area contributed by atoms with Crippen molar-refractivity contribution in [1.82, 2.24) is 5.43 Å². The molecule has 0 amide bonds. The Morgan fingerprint density at radius 1 is 1.50 bits per heavy atom. The molecule has 0 aromatic heterocycles. The molecule has 0 spiro atoms. The number of benzene rings is 1. The van der Waals surface area contributed by atoms with Gasteiger partial charge in [0.25, 0.3) is 0 Å². The van der Waals surface area contributed by atoms with Crippen molar-refractivity contribution >= 4 is 28.3 Å². The summed E-state index contributed by atoms with van der Waals surface area (Å²) >= 11 is 3.20. The van der Waals surface area contributed by atoms with Crippen LogP contribution in [0.5, 0.6) is 5.75 Å². The first-order valence-electron chi connectivity index (χ1n) is 3.15. The van der Waals surface area contributed by atoms with Gasteiger partial charge in [-0.15, -0.1) is 12.4 Å². The second-order valence-electron chi connectivity index (χ2n) is 2.13. The average Bonchev–Trinajstić information content (AvgIpc) is 1.99. The Morgan fingerprint density at radius 3 is 2.75 bits per heavy atom. The largest absolute Gasteiger partial charge is 0.506 e. The first-order chi connectivity index (χ1) is 5.25. The molecule has 0 aliphatic heterocycles. The number of phenolic OH excluding ortho intramolecular Hbond substituents is 1. The van der Waals surface area contributed by atoms with E-state index in [2.05, 4.69) is 21.4 Å². The van der Waals surface area contributed by atoms with Crippen molar-refractivity contribution in [1.29, 1.82) is 0 Å². The van der Waals surface area contributed by atoms with Gasteiger partial charge in [-0.05, 0) is 22.0 Å². The van der Waals surface area contributed by atoms with Gasteiger partial charge in [-0.25, -0.2) is 0 Å². The minimum Gasteiger partial charge on any atom is -0.506 e. The van der Waals surface area contributed by atoms with Crippen molar-refractivity contribution in [2.45, 2.75) is 6.54 Å². The van der Waals surface area contributed by atoms with Crippen LogP contribution in [0.2, 0.25) is 0 Å². The summed E-state index contributed by atoms with van der Waals surface area (Å²) < 4.78 is 0.685. The molecule has 0 aliphatic carbocycles. The molecule has 5 heteroatoms. The van der Waals surface area contributed by atoms with Crippen LogP contribution < -0.4 is 11.3 Å². The Labute approximate surface area is 85.5 Å². The van der Waals surface area contributed by atoms with E-state index in [1.54, 1.807) is 12.1 Å². The minimum absolute atomic E-state index is 0. The number of hydrogen-bond acceptors (Lipinski definition) is 3. The molecule has 12 heavy (non-hydrogen) atoms. The van der Waals surface area contributed by atoms with Gasteiger partial charge in [-0.2, -0.15) is 0 Å². The van der Waals surface area contributed by atoms with E-state index in [0.717, 1.165) is 5.56 Å². The molecule has 0 heterocycles. The van der Waals surface area contributed by atoms with Gasteiger partial charge < -0.3 is 5.11 Å². The van der Waals surface area contributed by atoms with Crippen molar-refractivity contribution in [3.63, 3.8) is 0 Å². The van der Waals surface area contributed by atoms with Crippen LogP contribution in [0, 0.1) is 0 Å². The van der Waals surface area contributed by atoms with Gasteiger partial charge in [-0.1, -0.05) is 12.1 Å². The van der Waals surface area contributed by atoms with E-state index < -0.39 is 0 Å². The maximum Gasteiger partial charge on any atom is 0.134 e. The molecule has 0 fully saturated rings. The highest BCUT2D eigenvalue weighted by atomic mass is 79.9. The van der Waals surface area contributed by atoms with Gasteiger partial charge in [0.15, 0.2) is 0 Å². The first-order valence-corrected chi connectivity index (χ1v) is 3.95. The molecule has 4 N–H and O–H groups in total. The van der Waals surface area contributed by atoms with Crippen molar-refractivity contribution in [3.8, 4) is 5.75 Å². The zero-order valence-corrected chi connectivity index (χ0v) is 8.65. The van der Waals surface area contributed by atoms with Crippen LogP contribution in [-0.4, -0.2) is 5.11 Å². The van der Waals surface area contributed by atoms with E-state index in [4.69, 9.17) is 5.84 Å². The van der Waals surface area contributed by atoms with Gasteiger partial charge >= 0.3 is 0 Å². The molecule has 1 aromatic rings. The third kappa shape index (κ3) is 2.64. The second-order valence-corrected chi connectivity index (χ2v) is 2.98. The lowest BCUT2D eigenvalue weighted by atomic mass is 10.2. The molecule has 1 aromatic carbocycles. The van der Waals surface area contributed by atoms with Gasteiger partial charge in [0, 0.05) is 12.1 Å². The molecule has 0 atom stereocenters. The van der Waals surface area contributed by atoms with Gasteiger partial charge in [0.05, 0.1) is 4.47 Å². The van der Waals surface area contributed by atoms with E-state index >= 15 is 0 Å². The first kappa shape index (κ1) is 11.7. The van der Waals surface area contributed by atoms with Gasteiger partial charge in [0.1, 0.15) is 5.75 Å². The number of phenols is 1. The number of nitrogens with one attached hydrogen (secondary N) is 1. The minimum atomic E-state index is 0. The molecule has 0 radical (unpaired) electrons. The summed E-state index contributed by atoms with van der Waals surface area (Å²) in [4.78, 5) is 0. The second kappa shape index (κ2) is 5.37. The van der Waals surface area contributed by atoms with Crippen LogP contribution in [0.15, 0.2) is 22.7 Å². The van der Waals surface area contributed by atoms with E-state index in [1.807, 2.05) is 6.07 Å². The fourth-order valence-corrected chi connectivity index (χ4v) is 1.22. The summed E-state index contributed by atoms with van der Waals surface area (Å²) in [6, 6.07) is 5.42. The van der Waals surface area contributed by atoms with Crippen LogP contribution in [0.4, 0.5) is 0 Å². The monoisotopic (exact) mass is 252 g/mol. The van der Waals surface area contributed by atoms with Gasteiger partial charge in [0.2, 0.25) is 0 Å². The number of nitrogens with two attached hydrogens (primary N) is 1. The number of hydrogen-bond donors (Lipinski definition) is 3. The van der Waals surface area contributed by atoms with Crippen molar-refractivity contribution in [2.24, 2.45) is 5.84 Å². The molecular formula is C7H10BrClN2O. The average molecular weight is 254 g/mol. The quantitative estimate of drug-likeness (QED) is 0.553. The number of hydrazine groups is 1. The Bertz CT molecular complexity index is 257. The SMILES string of the molecule is Cl.NNCc1cccc(Br)c1O. The predicted octanol–water partition coefficient (Wildman–Crippen LogP) is 1.54. The van der Waals surface area contributed by atoms with E-state index in [0.29, 0.717) is 11.0 Å². The van der Waals surface area contributed by atoms with Crippen molar-refractivity contribution < 1.29 is 5.11 Å². The third-order valence-corrected chi connectivity index (χ3v) is 2.00. The molecule has 0 aliphatic rings. The lowest BCUT2D eigenvalue weighted by Crippen LogP contribution is -2.20. The number of halogens is 2. The van der Waals surface area contributed by atoms with Crippen molar-refractivity contribution in [2.75, 3.05) is 0 Å². The van der Waals surface area contributed by atoms with Crippen LogP contribution in [0.3, 0.4) is 0 Å². The fraction of sp³-hybridized carbons (Fsp3) is 0.143. The molecule has 0 unspecified atom stereocenters. The summed E-state index contributed by atoms with van der Waals surface area (Å²) in [6.07, 6.45) is 0. The Hall–Kier alpha value is -0.290. The standard InChI is InChI=1S/C7H9BrN2O.ClH/c8-6-3-1-2-5(4-10-9)7(6)11;/h1-3,10-11H,4,9H2;1H. The summed E-state index contributed by atoms with van der Waals surface area (Å²) in [5.74, 6) is 5.34. The summed E-state index contributed by atoms with van der Waals surface area (Å²) in [5, 5.41) is 9.39. The lowest BCUT2D eigenvalue weighted by molar-refractivity contribution is 0.461. The fourth-order valence-electron chi connectivity index (χ4n) is 0.813. The number of rotatable bonds is 2. The van der Waals surface area contributed by atoms with Gasteiger partial charge in [-0.3, -0.25) is 11.3 Å². The zero-order chi connectivity index (χ0) is 8.27. The normalized spacial score (nSPS) is 9.17. The summed E-state index contributed by atoms with van der Waals surface area (Å²) in [5.41, 5.74) is 3.25. The van der Waals surface area contributed by atoms with E-state index in [9.17, 15) is 5.11 Å². The highest BCUT2D eigenvalue weighted by Crippen LogP contribution is 2.26.